The van der Waals surface area contributed by atoms with Crippen LogP contribution in [0, 0.1) is 6.92 Å². The van der Waals surface area contributed by atoms with Gasteiger partial charge in [0.1, 0.15) is 4.21 Å². The van der Waals surface area contributed by atoms with Gasteiger partial charge in [-0.2, -0.15) is 5.10 Å². The van der Waals surface area contributed by atoms with E-state index in [-0.39, 0.29) is 0 Å². The first-order chi connectivity index (χ1) is 9.92. The third-order valence-electron chi connectivity index (χ3n) is 3.04. The summed E-state index contributed by atoms with van der Waals surface area (Å²) in [6, 6.07) is 3.61. The first kappa shape index (κ1) is 16.2. The molecule has 8 heteroatoms. The lowest BCUT2D eigenvalue weighted by Crippen LogP contribution is -2.25. The Hall–Kier alpha value is -1.22. The molecule has 0 amide bonds. The van der Waals surface area contributed by atoms with Crippen molar-refractivity contribution in [2.45, 2.75) is 24.1 Å². The Labute approximate surface area is 129 Å². The molecule has 0 atom stereocenters. The first-order valence-corrected chi connectivity index (χ1v) is 8.94. The van der Waals surface area contributed by atoms with Gasteiger partial charge in [0.15, 0.2) is 0 Å². The van der Waals surface area contributed by atoms with E-state index in [1.54, 1.807) is 10.7 Å². The van der Waals surface area contributed by atoms with Crippen LogP contribution < -0.4 is 10.0 Å². The van der Waals surface area contributed by atoms with Gasteiger partial charge in [-0.25, -0.2) is 13.1 Å². The summed E-state index contributed by atoms with van der Waals surface area (Å²) in [5.41, 5.74) is 1.87. The van der Waals surface area contributed by atoms with Crippen molar-refractivity contribution in [2.75, 3.05) is 13.6 Å². The Morgan fingerprint density at radius 3 is 2.81 bits per heavy atom. The van der Waals surface area contributed by atoms with Gasteiger partial charge in [-0.15, -0.1) is 11.3 Å². The third-order valence-corrected chi connectivity index (χ3v) is 6.21. The van der Waals surface area contributed by atoms with E-state index in [2.05, 4.69) is 15.1 Å². The van der Waals surface area contributed by atoms with E-state index in [4.69, 9.17) is 0 Å². The van der Waals surface area contributed by atoms with Crippen LogP contribution in [0.25, 0.3) is 0 Å². The van der Waals surface area contributed by atoms with Gasteiger partial charge in [0.2, 0.25) is 10.0 Å². The number of hydrogen-bond acceptors (Lipinski definition) is 5. The largest absolute Gasteiger partial charge is 0.315 e. The van der Waals surface area contributed by atoms with Crippen LogP contribution in [-0.2, 0) is 30.0 Å². The summed E-state index contributed by atoms with van der Waals surface area (Å²) in [7, 11) is 0.247. The Balaban J connectivity index is 1.99. The molecule has 116 valence electrons. The van der Waals surface area contributed by atoms with Gasteiger partial charge in [0.25, 0.3) is 0 Å². The van der Waals surface area contributed by atoms with Crippen molar-refractivity contribution in [3.8, 4) is 0 Å². The highest BCUT2D eigenvalue weighted by Crippen LogP contribution is 2.25. The molecule has 0 spiro atoms. The van der Waals surface area contributed by atoms with E-state index in [9.17, 15) is 8.42 Å². The second kappa shape index (κ2) is 6.69. The van der Waals surface area contributed by atoms with Crippen LogP contribution >= 0.6 is 11.3 Å². The van der Waals surface area contributed by atoms with Gasteiger partial charge in [0.05, 0.1) is 5.69 Å². The molecule has 0 bridgehead atoms. The van der Waals surface area contributed by atoms with Crippen molar-refractivity contribution in [1.29, 1.82) is 0 Å². The highest BCUT2D eigenvalue weighted by Gasteiger charge is 2.18. The van der Waals surface area contributed by atoms with Gasteiger partial charge >= 0.3 is 0 Å². The van der Waals surface area contributed by atoms with Crippen LogP contribution in [0.3, 0.4) is 0 Å². The number of nitrogens with zero attached hydrogens (tertiary/aromatic N) is 2. The van der Waals surface area contributed by atoms with E-state index in [0.29, 0.717) is 23.7 Å². The molecule has 0 aromatic carbocycles. The van der Waals surface area contributed by atoms with Crippen LogP contribution in [0.1, 0.15) is 16.1 Å². The normalized spacial score (nSPS) is 12.0. The second-order valence-electron chi connectivity index (χ2n) is 4.83. The summed E-state index contributed by atoms with van der Waals surface area (Å²) in [6.07, 6.45) is 2.42. The van der Waals surface area contributed by atoms with Crippen molar-refractivity contribution in [1.82, 2.24) is 19.8 Å². The molecule has 0 aliphatic carbocycles. The molecule has 0 fully saturated rings. The Morgan fingerprint density at radius 2 is 2.19 bits per heavy atom. The lowest BCUT2D eigenvalue weighted by Gasteiger charge is -2.03. The standard InChI is InChI=1S/C13H20N4O2S2/c1-10-8-13(20-12(10)9-14-2)21(18,19)15-6-4-11-5-7-17(3)16-11/h5,7-8,14-15H,4,6,9H2,1-3H3. The Bertz CT molecular complexity index is 704. The number of aromatic nitrogens is 2. The molecule has 6 nitrogen and oxygen atoms in total. The molecule has 2 aromatic rings. The van der Waals surface area contributed by atoms with Crippen molar-refractivity contribution >= 4 is 21.4 Å². The maximum Gasteiger partial charge on any atom is 0.250 e. The van der Waals surface area contributed by atoms with Gasteiger partial charge in [0, 0.05) is 37.6 Å². The lowest BCUT2D eigenvalue weighted by atomic mass is 10.3. The first-order valence-electron chi connectivity index (χ1n) is 6.64. The summed E-state index contributed by atoms with van der Waals surface area (Å²) in [5.74, 6) is 0. The number of sulfonamides is 1. The molecule has 0 unspecified atom stereocenters. The minimum absolute atomic E-state index is 0.345. The predicted octanol–water partition coefficient (Wildman–Crippen LogP) is 1.03. The summed E-state index contributed by atoms with van der Waals surface area (Å²) in [4.78, 5) is 1.04. The highest BCUT2D eigenvalue weighted by molar-refractivity contribution is 7.91. The number of rotatable bonds is 7. The predicted molar refractivity (Wildman–Crippen MR) is 83.9 cm³/mol. The van der Waals surface area contributed by atoms with Gasteiger partial charge < -0.3 is 5.32 Å². The monoisotopic (exact) mass is 328 g/mol. The molecule has 0 radical (unpaired) electrons. The third kappa shape index (κ3) is 4.13. The van der Waals surface area contributed by atoms with E-state index < -0.39 is 10.0 Å². The summed E-state index contributed by atoms with van der Waals surface area (Å²) < 4.78 is 29.2. The number of aryl methyl sites for hydroxylation is 2. The zero-order valence-electron chi connectivity index (χ0n) is 12.4. The topological polar surface area (TPSA) is 76.0 Å². The number of nitrogens with one attached hydrogen (secondary N) is 2. The zero-order chi connectivity index (χ0) is 15.5. The average Bonchev–Trinajstić information content (AvgIpc) is 2.98. The molecule has 21 heavy (non-hydrogen) atoms. The van der Waals surface area contributed by atoms with Crippen LogP contribution in [0.4, 0.5) is 0 Å². The highest BCUT2D eigenvalue weighted by atomic mass is 32.2. The quantitative estimate of drug-likeness (QED) is 0.796. The summed E-state index contributed by atoms with van der Waals surface area (Å²) in [5, 5.41) is 7.26. The fraction of sp³-hybridized carbons (Fsp3) is 0.462. The van der Waals surface area contributed by atoms with Crippen molar-refractivity contribution in [2.24, 2.45) is 7.05 Å². The van der Waals surface area contributed by atoms with Gasteiger partial charge in [-0.3, -0.25) is 4.68 Å². The molecule has 0 aliphatic rings. The van der Waals surface area contributed by atoms with E-state index >= 15 is 0 Å². The Morgan fingerprint density at radius 1 is 1.43 bits per heavy atom. The van der Waals surface area contributed by atoms with Crippen LogP contribution in [-0.4, -0.2) is 31.8 Å². The number of hydrogen-bond donors (Lipinski definition) is 2. The maximum absolute atomic E-state index is 12.3. The van der Waals surface area contributed by atoms with E-state index in [1.165, 1.54) is 11.3 Å². The van der Waals surface area contributed by atoms with Crippen LogP contribution in [0.2, 0.25) is 0 Å². The molecule has 0 saturated heterocycles. The summed E-state index contributed by atoms with van der Waals surface area (Å²) in [6.45, 7) is 2.95. The molecule has 0 saturated carbocycles. The van der Waals surface area contributed by atoms with Crippen LogP contribution in [0.5, 0.6) is 0 Å². The van der Waals surface area contributed by atoms with Crippen molar-refractivity contribution in [3.63, 3.8) is 0 Å². The maximum atomic E-state index is 12.3. The Kier molecular flexibility index (Phi) is 5.15. The SMILES string of the molecule is CNCc1sc(S(=O)(=O)NCCc2ccn(C)n2)cc1C. The van der Waals surface area contributed by atoms with Crippen molar-refractivity contribution < 1.29 is 8.42 Å². The molecular weight excluding hydrogens is 308 g/mol. The van der Waals surface area contributed by atoms with Crippen molar-refractivity contribution in [3.05, 3.63) is 34.5 Å². The molecule has 2 heterocycles. The molecular formula is C13H20N4O2S2. The zero-order valence-corrected chi connectivity index (χ0v) is 14.0. The second-order valence-corrected chi connectivity index (χ2v) is 7.96. The van der Waals surface area contributed by atoms with E-state index in [1.807, 2.05) is 33.3 Å². The van der Waals surface area contributed by atoms with Crippen LogP contribution in [0.15, 0.2) is 22.5 Å². The van der Waals surface area contributed by atoms with E-state index in [0.717, 1.165) is 16.1 Å². The van der Waals surface area contributed by atoms with Gasteiger partial charge in [-0.1, -0.05) is 0 Å². The minimum Gasteiger partial charge on any atom is -0.315 e. The van der Waals surface area contributed by atoms with Gasteiger partial charge in [-0.05, 0) is 31.7 Å². The molecule has 2 rings (SSSR count). The number of thiophene rings is 1. The fourth-order valence-electron chi connectivity index (χ4n) is 1.94. The minimum atomic E-state index is -3.44. The average molecular weight is 328 g/mol. The summed E-state index contributed by atoms with van der Waals surface area (Å²) >= 11 is 1.31. The lowest BCUT2D eigenvalue weighted by molar-refractivity contribution is 0.583. The molecule has 2 N–H and O–H groups in total. The molecule has 2 aromatic heterocycles. The molecule has 0 aliphatic heterocycles. The fourth-order valence-corrected chi connectivity index (χ4v) is 4.62. The smallest absolute Gasteiger partial charge is 0.250 e.